The molecule has 2 nitrogen and oxygen atoms in total. The van der Waals surface area contributed by atoms with Crippen LogP contribution in [0.2, 0.25) is 0 Å². The number of ketones is 1. The Hall–Kier alpha value is -0.370. The van der Waals surface area contributed by atoms with Gasteiger partial charge in [0.25, 0.3) is 0 Å². The van der Waals surface area contributed by atoms with Crippen LogP contribution in [0.5, 0.6) is 0 Å². The molecule has 0 heterocycles. The average molecular weight is 224 g/mol. The van der Waals surface area contributed by atoms with Crippen molar-refractivity contribution in [2.45, 2.75) is 58.0 Å². The number of hydrogen-bond acceptors (Lipinski definition) is 2. The fraction of sp³-hybridized carbons (Fsp3) is 0.929. The van der Waals surface area contributed by atoms with E-state index in [1.54, 1.807) is 7.11 Å². The number of Topliss-reactive ketones (excluding diaryl/α,β-unsaturated/α-hetero) is 1. The van der Waals surface area contributed by atoms with E-state index < -0.39 is 0 Å². The molecule has 0 radical (unpaired) electrons. The van der Waals surface area contributed by atoms with Crippen molar-refractivity contribution in [2.24, 2.45) is 17.8 Å². The van der Waals surface area contributed by atoms with Gasteiger partial charge in [0.05, 0.1) is 5.60 Å². The van der Waals surface area contributed by atoms with Gasteiger partial charge in [0.15, 0.2) is 0 Å². The molecule has 0 aromatic rings. The maximum Gasteiger partial charge on any atom is 0.136 e. The maximum atomic E-state index is 12.1. The number of methoxy groups -OCH3 is 1. The fourth-order valence-corrected chi connectivity index (χ4v) is 3.16. The third-order valence-corrected chi connectivity index (χ3v) is 4.55. The number of carbonyl (C=O) groups is 1. The van der Waals surface area contributed by atoms with Gasteiger partial charge < -0.3 is 4.74 Å². The molecule has 2 aliphatic rings. The lowest BCUT2D eigenvalue weighted by Gasteiger charge is -2.22. The molecule has 92 valence electrons. The van der Waals surface area contributed by atoms with Crippen LogP contribution in [0.25, 0.3) is 0 Å². The quantitative estimate of drug-likeness (QED) is 0.717. The van der Waals surface area contributed by atoms with Gasteiger partial charge in [-0.05, 0) is 44.9 Å². The van der Waals surface area contributed by atoms with Crippen LogP contribution in [-0.4, -0.2) is 18.5 Å². The van der Waals surface area contributed by atoms with Crippen LogP contribution in [0.1, 0.15) is 52.4 Å². The Bertz CT molecular complexity index is 258. The number of hydrogen-bond donors (Lipinski definition) is 0. The van der Waals surface area contributed by atoms with Crippen molar-refractivity contribution in [1.29, 1.82) is 0 Å². The van der Waals surface area contributed by atoms with Gasteiger partial charge in [-0.1, -0.05) is 12.8 Å². The average Bonchev–Trinajstić information content (AvgIpc) is 3.00. The lowest BCUT2D eigenvalue weighted by atomic mass is 9.98. The minimum atomic E-state index is -0.143. The predicted molar refractivity (Wildman–Crippen MR) is 64.3 cm³/mol. The maximum absolute atomic E-state index is 12.1. The number of rotatable bonds is 5. The molecule has 0 spiro atoms. The van der Waals surface area contributed by atoms with Crippen LogP contribution >= 0.6 is 0 Å². The smallest absolute Gasteiger partial charge is 0.136 e. The molecular weight excluding hydrogens is 200 g/mol. The first-order valence-electron chi connectivity index (χ1n) is 6.63. The van der Waals surface area contributed by atoms with Crippen molar-refractivity contribution in [3.63, 3.8) is 0 Å². The van der Waals surface area contributed by atoms with E-state index in [9.17, 15) is 4.79 Å². The van der Waals surface area contributed by atoms with E-state index in [2.05, 4.69) is 13.8 Å². The van der Waals surface area contributed by atoms with Crippen molar-refractivity contribution >= 4 is 5.78 Å². The summed E-state index contributed by atoms with van der Waals surface area (Å²) in [5, 5.41) is 0. The summed E-state index contributed by atoms with van der Waals surface area (Å²) in [6, 6.07) is 0. The van der Waals surface area contributed by atoms with Gasteiger partial charge in [0.1, 0.15) is 5.78 Å². The Morgan fingerprint density at radius 3 is 2.31 bits per heavy atom. The van der Waals surface area contributed by atoms with Crippen LogP contribution in [0.3, 0.4) is 0 Å². The third-order valence-electron chi connectivity index (χ3n) is 4.55. The van der Waals surface area contributed by atoms with Gasteiger partial charge in [-0.15, -0.1) is 0 Å². The molecule has 2 aliphatic carbocycles. The van der Waals surface area contributed by atoms with Gasteiger partial charge in [0, 0.05) is 19.4 Å². The Balaban J connectivity index is 1.77. The second kappa shape index (κ2) is 4.48. The van der Waals surface area contributed by atoms with E-state index in [1.165, 1.54) is 25.7 Å². The van der Waals surface area contributed by atoms with Crippen LogP contribution in [0, 0.1) is 17.8 Å². The summed E-state index contributed by atoms with van der Waals surface area (Å²) in [5.74, 6) is 2.44. The Labute approximate surface area is 98.7 Å². The molecule has 16 heavy (non-hydrogen) atoms. The first-order chi connectivity index (χ1) is 7.55. The van der Waals surface area contributed by atoms with Crippen molar-refractivity contribution in [2.75, 3.05) is 7.11 Å². The normalized spacial score (nSPS) is 33.3. The van der Waals surface area contributed by atoms with Crippen LogP contribution in [0.15, 0.2) is 0 Å². The van der Waals surface area contributed by atoms with Crippen LogP contribution in [0.4, 0.5) is 0 Å². The molecule has 0 aromatic carbocycles. The highest BCUT2D eigenvalue weighted by atomic mass is 16.5. The molecule has 2 saturated carbocycles. The molecule has 2 atom stereocenters. The van der Waals surface area contributed by atoms with Gasteiger partial charge >= 0.3 is 0 Å². The van der Waals surface area contributed by atoms with Gasteiger partial charge in [-0.25, -0.2) is 0 Å². The second-order valence-electron chi connectivity index (χ2n) is 6.07. The number of ether oxygens (including phenoxy) is 1. The highest BCUT2D eigenvalue weighted by Gasteiger charge is 2.53. The molecule has 0 aromatic heterocycles. The SMILES string of the molecule is COC(C)(C)CCC(=O)C1C2CCCCC21. The molecule has 0 aliphatic heterocycles. The monoisotopic (exact) mass is 224 g/mol. The highest BCUT2D eigenvalue weighted by molar-refractivity contribution is 5.84. The molecule has 0 saturated heterocycles. The second-order valence-corrected chi connectivity index (χ2v) is 6.07. The zero-order chi connectivity index (χ0) is 11.8. The number of fused-ring (bicyclic) bond motifs is 1. The zero-order valence-corrected chi connectivity index (χ0v) is 10.8. The standard InChI is InChI=1S/C14H24O2/c1-14(2,16-3)9-8-12(15)13-10-6-4-5-7-11(10)13/h10-11,13H,4-9H2,1-3H3. The predicted octanol–water partition coefficient (Wildman–Crippen LogP) is 3.20. The zero-order valence-electron chi connectivity index (χ0n) is 10.8. The summed E-state index contributed by atoms with van der Waals surface area (Å²) in [6.07, 6.45) is 6.85. The summed E-state index contributed by atoms with van der Waals surface area (Å²) in [7, 11) is 1.72. The van der Waals surface area contributed by atoms with Gasteiger partial charge in [-0.3, -0.25) is 4.79 Å². The molecule has 2 rings (SSSR count). The van der Waals surface area contributed by atoms with Crippen LogP contribution in [-0.2, 0) is 9.53 Å². The summed E-state index contributed by atoms with van der Waals surface area (Å²) in [5.41, 5.74) is -0.143. The summed E-state index contributed by atoms with van der Waals surface area (Å²) < 4.78 is 5.35. The lowest BCUT2D eigenvalue weighted by molar-refractivity contribution is -0.122. The van der Waals surface area contributed by atoms with E-state index in [-0.39, 0.29) is 5.60 Å². The molecule has 2 unspecified atom stereocenters. The van der Waals surface area contributed by atoms with Crippen molar-refractivity contribution < 1.29 is 9.53 Å². The van der Waals surface area contributed by atoms with Gasteiger partial charge in [0.2, 0.25) is 0 Å². The molecule has 0 bridgehead atoms. The Kier molecular flexibility index (Phi) is 3.39. The minimum absolute atomic E-state index is 0.143. The van der Waals surface area contributed by atoms with E-state index in [0.29, 0.717) is 18.1 Å². The van der Waals surface area contributed by atoms with Crippen molar-refractivity contribution in [3.8, 4) is 0 Å². The first-order valence-corrected chi connectivity index (χ1v) is 6.63. The van der Waals surface area contributed by atoms with E-state index in [4.69, 9.17) is 4.74 Å². The van der Waals surface area contributed by atoms with E-state index in [1.807, 2.05) is 0 Å². The topological polar surface area (TPSA) is 26.3 Å². The molecule has 0 N–H and O–H groups in total. The Morgan fingerprint density at radius 2 is 1.81 bits per heavy atom. The molecule has 2 heteroatoms. The van der Waals surface area contributed by atoms with Gasteiger partial charge in [-0.2, -0.15) is 0 Å². The van der Waals surface area contributed by atoms with E-state index >= 15 is 0 Å². The van der Waals surface area contributed by atoms with Crippen molar-refractivity contribution in [3.05, 3.63) is 0 Å². The van der Waals surface area contributed by atoms with E-state index in [0.717, 1.165) is 18.3 Å². The van der Waals surface area contributed by atoms with Crippen molar-refractivity contribution in [1.82, 2.24) is 0 Å². The molecular formula is C14H24O2. The third kappa shape index (κ3) is 2.48. The summed E-state index contributed by atoms with van der Waals surface area (Å²) in [4.78, 5) is 12.1. The summed E-state index contributed by atoms with van der Waals surface area (Å²) in [6.45, 7) is 4.11. The highest BCUT2D eigenvalue weighted by Crippen LogP contribution is 2.56. The Morgan fingerprint density at radius 1 is 1.25 bits per heavy atom. The molecule has 0 amide bonds. The largest absolute Gasteiger partial charge is 0.379 e. The minimum Gasteiger partial charge on any atom is -0.379 e. The molecule has 2 fully saturated rings. The van der Waals surface area contributed by atoms with Crippen LogP contribution < -0.4 is 0 Å². The number of carbonyl (C=O) groups excluding carboxylic acids is 1. The summed E-state index contributed by atoms with van der Waals surface area (Å²) >= 11 is 0. The fourth-order valence-electron chi connectivity index (χ4n) is 3.16. The lowest BCUT2D eigenvalue weighted by Crippen LogP contribution is -2.24. The first kappa shape index (κ1) is 12.1.